The van der Waals surface area contributed by atoms with Gasteiger partial charge in [0.2, 0.25) is 0 Å². The molecule has 0 spiro atoms. The number of likely N-dealkylation sites (N-methyl/N-ethyl adjacent to an activating group) is 1. The maximum absolute atomic E-state index is 11.2. The van der Waals surface area contributed by atoms with Gasteiger partial charge in [-0.1, -0.05) is 92.9 Å². The van der Waals surface area contributed by atoms with Crippen LogP contribution in [0.2, 0.25) is 0 Å². The first kappa shape index (κ1) is 23.6. The lowest BCUT2D eigenvalue weighted by Gasteiger charge is -2.24. The van der Waals surface area contributed by atoms with E-state index >= 15 is 0 Å². The third-order valence-electron chi connectivity index (χ3n) is 6.50. The van der Waals surface area contributed by atoms with Gasteiger partial charge in [-0.2, -0.15) is 0 Å². The Morgan fingerprint density at radius 2 is 1.47 bits per heavy atom. The van der Waals surface area contributed by atoms with E-state index in [-0.39, 0.29) is 11.5 Å². The van der Waals surface area contributed by atoms with E-state index in [1.54, 1.807) is 0 Å². The Kier molecular flexibility index (Phi) is 7.69. The molecule has 2 N–H and O–H groups in total. The Bertz CT molecular complexity index is 1290. The molecule has 0 heterocycles. The molecule has 4 rings (SSSR count). The largest absolute Gasteiger partial charge is 0.505 e. The highest BCUT2D eigenvalue weighted by atomic mass is 16.3. The van der Waals surface area contributed by atoms with Crippen molar-refractivity contribution >= 4 is 39.1 Å². The van der Waals surface area contributed by atoms with Gasteiger partial charge >= 0.3 is 0 Å². The van der Waals surface area contributed by atoms with Gasteiger partial charge in [0.1, 0.15) is 17.1 Å². The molecule has 0 bridgehead atoms. The summed E-state index contributed by atoms with van der Waals surface area (Å²) in [6.45, 7) is 2.88. The summed E-state index contributed by atoms with van der Waals surface area (Å²) < 4.78 is 0. The second kappa shape index (κ2) is 11.1. The number of unbranched alkanes of at least 4 members (excludes halogenated alkanes) is 4. The van der Waals surface area contributed by atoms with E-state index in [1.807, 2.05) is 42.4 Å². The van der Waals surface area contributed by atoms with E-state index in [4.69, 9.17) is 0 Å². The van der Waals surface area contributed by atoms with E-state index in [2.05, 4.69) is 54.4 Å². The second-order valence-corrected chi connectivity index (χ2v) is 8.91. The summed E-state index contributed by atoms with van der Waals surface area (Å²) in [5.74, 6) is 0.275. The summed E-state index contributed by atoms with van der Waals surface area (Å²) in [5, 5.41) is 26.1. The van der Waals surface area contributed by atoms with E-state index in [0.29, 0.717) is 28.7 Å². The number of phenols is 2. The Balaban J connectivity index is 1.65. The monoisotopic (exact) mass is 454 g/mol. The molecule has 4 aromatic rings. The zero-order valence-electron chi connectivity index (χ0n) is 20.2. The van der Waals surface area contributed by atoms with E-state index < -0.39 is 0 Å². The molecule has 0 amide bonds. The van der Waals surface area contributed by atoms with Crippen LogP contribution in [0.3, 0.4) is 0 Å². The minimum Gasteiger partial charge on any atom is -0.505 e. The first-order valence-corrected chi connectivity index (χ1v) is 12.3. The molecule has 0 saturated carbocycles. The molecule has 0 saturated heterocycles. The summed E-state index contributed by atoms with van der Waals surface area (Å²) in [4.78, 5) is 6.67. The molecule has 0 aromatic heterocycles. The molecular weight excluding hydrogens is 420 g/mol. The minimum absolute atomic E-state index is 0.116. The smallest absolute Gasteiger partial charge is 0.151 e. The van der Waals surface area contributed by atoms with Crippen LogP contribution >= 0.6 is 0 Å². The summed E-state index contributed by atoms with van der Waals surface area (Å²) in [6.07, 6.45) is 8.21. The number of rotatable bonds is 10. The average Bonchev–Trinajstić information content (AvgIpc) is 2.87. The molecule has 0 fully saturated rings. The van der Waals surface area contributed by atoms with Crippen LogP contribution < -0.4 is 4.90 Å². The van der Waals surface area contributed by atoms with E-state index in [9.17, 15) is 10.2 Å². The van der Waals surface area contributed by atoms with E-state index in [1.165, 1.54) is 35.6 Å². The van der Waals surface area contributed by atoms with Crippen LogP contribution in [-0.2, 0) is 6.42 Å². The van der Waals surface area contributed by atoms with Gasteiger partial charge in [0, 0.05) is 30.6 Å². The second-order valence-electron chi connectivity index (χ2n) is 8.91. The van der Waals surface area contributed by atoms with Crippen molar-refractivity contribution in [2.24, 2.45) is 4.99 Å². The van der Waals surface area contributed by atoms with Crippen LogP contribution in [0.4, 0.5) is 11.4 Å². The van der Waals surface area contributed by atoms with Crippen molar-refractivity contribution in [3.8, 4) is 11.5 Å². The molecule has 0 unspecified atom stereocenters. The summed E-state index contributed by atoms with van der Waals surface area (Å²) in [6, 6.07) is 22.2. The SMILES string of the molecule is CCCCCCC=Nc1c(N(C)CCc2cccc3ccccc23)c(O)c2ccccc2c1O. The highest BCUT2D eigenvalue weighted by Crippen LogP contribution is 2.49. The van der Waals surface area contributed by atoms with Gasteiger partial charge in [0.05, 0.1) is 0 Å². The van der Waals surface area contributed by atoms with Crippen molar-refractivity contribution in [3.05, 3.63) is 72.3 Å². The van der Waals surface area contributed by atoms with Crippen molar-refractivity contribution in [2.75, 3.05) is 18.5 Å². The highest BCUT2D eigenvalue weighted by Gasteiger charge is 2.21. The standard InChI is InChI=1S/C30H34N2O2/c1-3-4-5-6-11-20-31-27-28(30(34)26-18-10-9-17-25(26)29(27)33)32(2)21-19-23-15-12-14-22-13-7-8-16-24(22)23/h7-10,12-18,20,33-34H,3-6,11,19,21H2,1-2H3. The van der Waals surface area contributed by atoms with Crippen molar-refractivity contribution in [2.45, 2.75) is 45.4 Å². The quantitative estimate of drug-likeness (QED) is 0.146. The van der Waals surface area contributed by atoms with Gasteiger partial charge in [-0.25, -0.2) is 0 Å². The number of nitrogens with zero attached hydrogens (tertiary/aromatic N) is 2. The lowest BCUT2D eigenvalue weighted by molar-refractivity contribution is 0.470. The first-order chi connectivity index (χ1) is 16.6. The first-order valence-electron chi connectivity index (χ1n) is 12.3. The lowest BCUT2D eigenvalue weighted by Crippen LogP contribution is -2.20. The fourth-order valence-corrected chi connectivity index (χ4v) is 4.59. The van der Waals surface area contributed by atoms with Gasteiger partial charge in [-0.05, 0) is 35.6 Å². The number of aromatic hydroxyl groups is 2. The molecule has 4 aromatic carbocycles. The van der Waals surface area contributed by atoms with Crippen LogP contribution in [0.25, 0.3) is 21.5 Å². The summed E-state index contributed by atoms with van der Waals surface area (Å²) in [5.41, 5.74) is 2.27. The molecule has 0 aliphatic heterocycles. The Morgan fingerprint density at radius 3 is 2.24 bits per heavy atom. The molecule has 4 heteroatoms. The number of hydrogen-bond donors (Lipinski definition) is 2. The van der Waals surface area contributed by atoms with Crippen molar-refractivity contribution in [1.82, 2.24) is 0 Å². The Hall–Kier alpha value is -3.53. The van der Waals surface area contributed by atoms with Crippen molar-refractivity contribution in [1.29, 1.82) is 0 Å². The third-order valence-corrected chi connectivity index (χ3v) is 6.50. The molecule has 4 nitrogen and oxygen atoms in total. The summed E-state index contributed by atoms with van der Waals surface area (Å²) in [7, 11) is 1.95. The van der Waals surface area contributed by atoms with Crippen molar-refractivity contribution in [3.63, 3.8) is 0 Å². The van der Waals surface area contributed by atoms with Crippen LogP contribution in [0, 0.1) is 0 Å². The number of hydrogen-bond acceptors (Lipinski definition) is 4. The van der Waals surface area contributed by atoms with Crippen LogP contribution in [0.1, 0.15) is 44.6 Å². The van der Waals surface area contributed by atoms with Gasteiger partial charge in [-0.15, -0.1) is 0 Å². The van der Waals surface area contributed by atoms with Gasteiger partial charge in [-0.3, -0.25) is 4.99 Å². The predicted molar refractivity (Wildman–Crippen MR) is 145 cm³/mol. The summed E-state index contributed by atoms with van der Waals surface area (Å²) >= 11 is 0. The maximum atomic E-state index is 11.2. The molecule has 0 atom stereocenters. The topological polar surface area (TPSA) is 56.1 Å². The molecule has 0 radical (unpaired) electrons. The predicted octanol–water partition coefficient (Wildman–Crippen LogP) is 7.76. The Morgan fingerprint density at radius 1 is 0.794 bits per heavy atom. The van der Waals surface area contributed by atoms with Crippen LogP contribution in [0.5, 0.6) is 11.5 Å². The Labute approximate surface area is 202 Å². The van der Waals surface area contributed by atoms with Crippen LogP contribution in [-0.4, -0.2) is 30.0 Å². The number of fused-ring (bicyclic) bond motifs is 2. The van der Waals surface area contributed by atoms with E-state index in [0.717, 1.165) is 19.3 Å². The number of phenolic OH excluding ortho intramolecular Hbond substituents is 2. The zero-order chi connectivity index (χ0) is 23.9. The number of benzene rings is 4. The molecule has 34 heavy (non-hydrogen) atoms. The van der Waals surface area contributed by atoms with Gasteiger partial charge in [0.25, 0.3) is 0 Å². The zero-order valence-corrected chi connectivity index (χ0v) is 20.2. The molecule has 0 aliphatic carbocycles. The number of aliphatic imine (C=N–C) groups is 1. The van der Waals surface area contributed by atoms with Crippen molar-refractivity contribution < 1.29 is 10.2 Å². The average molecular weight is 455 g/mol. The normalized spacial score (nSPS) is 11.6. The number of anilines is 1. The highest BCUT2D eigenvalue weighted by molar-refractivity contribution is 6.04. The third kappa shape index (κ3) is 5.01. The lowest BCUT2D eigenvalue weighted by atomic mass is 10.0. The minimum atomic E-state index is 0.116. The van der Waals surface area contributed by atoms with Gasteiger partial charge < -0.3 is 15.1 Å². The fraction of sp³-hybridized carbons (Fsp3) is 0.300. The molecule has 176 valence electrons. The fourth-order valence-electron chi connectivity index (χ4n) is 4.59. The van der Waals surface area contributed by atoms with Gasteiger partial charge in [0.15, 0.2) is 5.75 Å². The maximum Gasteiger partial charge on any atom is 0.151 e. The molecule has 0 aliphatic rings. The van der Waals surface area contributed by atoms with Crippen LogP contribution in [0.15, 0.2) is 71.7 Å². The molecular formula is C30H34N2O2.